The van der Waals surface area contributed by atoms with E-state index in [2.05, 4.69) is 32.0 Å². The first-order chi connectivity index (χ1) is 7.13. The van der Waals surface area contributed by atoms with Gasteiger partial charge in [0.05, 0.1) is 0 Å². The van der Waals surface area contributed by atoms with Gasteiger partial charge in [-0.2, -0.15) is 0 Å². The van der Waals surface area contributed by atoms with E-state index in [0.29, 0.717) is 0 Å². The van der Waals surface area contributed by atoms with Crippen LogP contribution >= 0.6 is 0 Å². The van der Waals surface area contributed by atoms with Crippen LogP contribution in [0.2, 0.25) is 0 Å². The van der Waals surface area contributed by atoms with E-state index in [1.807, 2.05) is 13.0 Å². The fourth-order valence-corrected chi connectivity index (χ4v) is 1.88. The molecule has 76 valence electrons. The van der Waals surface area contributed by atoms with Crippen molar-refractivity contribution in [2.45, 2.75) is 20.8 Å². The number of carbonyl (C=O) groups is 1. The third-order valence-corrected chi connectivity index (χ3v) is 3.07. The lowest BCUT2D eigenvalue weighted by atomic mass is 9.97. The molecule has 0 heterocycles. The molecule has 0 fully saturated rings. The van der Waals surface area contributed by atoms with Crippen molar-refractivity contribution in [1.29, 1.82) is 0 Å². The highest BCUT2D eigenvalue weighted by molar-refractivity contribution is 5.92. The van der Waals surface area contributed by atoms with Crippen molar-refractivity contribution in [2.75, 3.05) is 0 Å². The van der Waals surface area contributed by atoms with E-state index < -0.39 is 0 Å². The van der Waals surface area contributed by atoms with Crippen LogP contribution in [0.25, 0.3) is 10.8 Å². The van der Waals surface area contributed by atoms with Gasteiger partial charge in [0.25, 0.3) is 0 Å². The van der Waals surface area contributed by atoms with Crippen LogP contribution in [0, 0.1) is 20.8 Å². The van der Waals surface area contributed by atoms with E-state index in [4.69, 9.17) is 0 Å². The number of rotatable bonds is 1. The van der Waals surface area contributed by atoms with E-state index in [-0.39, 0.29) is 0 Å². The molecule has 0 N–H and O–H groups in total. The third kappa shape index (κ3) is 1.54. The number of fused-ring (bicyclic) bond motifs is 1. The van der Waals surface area contributed by atoms with Crippen LogP contribution in [0.1, 0.15) is 27.0 Å². The van der Waals surface area contributed by atoms with Gasteiger partial charge in [0.15, 0.2) is 0 Å². The molecule has 0 aromatic heterocycles. The van der Waals surface area contributed by atoms with Crippen LogP contribution in [-0.2, 0) is 0 Å². The zero-order valence-corrected chi connectivity index (χ0v) is 9.29. The molecular weight excluding hydrogens is 184 g/mol. The van der Waals surface area contributed by atoms with Crippen LogP contribution in [0.5, 0.6) is 0 Å². The highest BCUT2D eigenvalue weighted by Crippen LogP contribution is 2.24. The standard InChI is InChI=1S/C14H14O/c1-9-4-5-12-7-13(8-15)10(2)6-14(12)11(9)3/h4-8H,1-3H3. The van der Waals surface area contributed by atoms with Crippen molar-refractivity contribution in [1.82, 2.24) is 0 Å². The Morgan fingerprint density at radius 3 is 2.40 bits per heavy atom. The Bertz CT molecular complexity index is 539. The van der Waals surface area contributed by atoms with Crippen molar-refractivity contribution >= 4 is 17.1 Å². The fraction of sp³-hybridized carbons (Fsp3) is 0.214. The summed E-state index contributed by atoms with van der Waals surface area (Å²) in [5, 5.41) is 2.39. The predicted molar refractivity (Wildman–Crippen MR) is 63.5 cm³/mol. The average molecular weight is 198 g/mol. The topological polar surface area (TPSA) is 17.1 Å². The van der Waals surface area contributed by atoms with Gasteiger partial charge in [-0.25, -0.2) is 0 Å². The number of benzene rings is 2. The molecule has 1 heteroatoms. The largest absolute Gasteiger partial charge is 0.298 e. The maximum absolute atomic E-state index is 10.8. The van der Waals surface area contributed by atoms with Gasteiger partial charge in [-0.3, -0.25) is 4.79 Å². The molecule has 0 aliphatic rings. The van der Waals surface area contributed by atoms with Crippen molar-refractivity contribution < 1.29 is 4.79 Å². The van der Waals surface area contributed by atoms with Gasteiger partial charge < -0.3 is 0 Å². The first-order valence-corrected chi connectivity index (χ1v) is 5.09. The Labute approximate surface area is 89.7 Å². The summed E-state index contributed by atoms with van der Waals surface area (Å²) >= 11 is 0. The van der Waals surface area contributed by atoms with E-state index in [1.165, 1.54) is 16.5 Å². The second-order valence-electron chi connectivity index (χ2n) is 4.06. The number of aldehydes is 1. The molecular formula is C14H14O. The Balaban J connectivity index is 2.87. The van der Waals surface area contributed by atoms with Crippen LogP contribution in [0.15, 0.2) is 24.3 Å². The minimum atomic E-state index is 0.783. The summed E-state index contributed by atoms with van der Waals surface area (Å²) in [5.74, 6) is 0. The summed E-state index contributed by atoms with van der Waals surface area (Å²) in [6.07, 6.45) is 0.921. The summed E-state index contributed by atoms with van der Waals surface area (Å²) in [6, 6.07) is 8.23. The van der Waals surface area contributed by atoms with E-state index in [0.717, 1.165) is 22.8 Å². The molecule has 1 nitrogen and oxygen atoms in total. The molecule has 0 atom stereocenters. The lowest BCUT2D eigenvalue weighted by molar-refractivity contribution is 0.112. The van der Waals surface area contributed by atoms with Gasteiger partial charge in [-0.15, -0.1) is 0 Å². The lowest BCUT2D eigenvalue weighted by Gasteiger charge is -2.08. The van der Waals surface area contributed by atoms with Gasteiger partial charge >= 0.3 is 0 Å². The molecule has 0 bridgehead atoms. The van der Waals surface area contributed by atoms with Gasteiger partial charge in [-0.05, 0) is 54.3 Å². The highest BCUT2D eigenvalue weighted by Gasteiger charge is 2.04. The van der Waals surface area contributed by atoms with Gasteiger partial charge in [0.1, 0.15) is 6.29 Å². The molecule has 2 aromatic rings. The molecule has 0 aliphatic heterocycles. The monoisotopic (exact) mass is 198 g/mol. The Morgan fingerprint density at radius 2 is 1.73 bits per heavy atom. The fourth-order valence-electron chi connectivity index (χ4n) is 1.88. The van der Waals surface area contributed by atoms with E-state index in [1.54, 1.807) is 0 Å². The first kappa shape index (κ1) is 9.91. The molecule has 0 saturated heterocycles. The third-order valence-electron chi connectivity index (χ3n) is 3.07. The molecule has 2 aromatic carbocycles. The summed E-state index contributed by atoms with van der Waals surface area (Å²) in [4.78, 5) is 10.8. The number of hydrogen-bond acceptors (Lipinski definition) is 1. The van der Waals surface area contributed by atoms with Crippen LogP contribution in [0.4, 0.5) is 0 Å². The summed E-state index contributed by atoms with van der Waals surface area (Å²) < 4.78 is 0. The quantitative estimate of drug-likeness (QED) is 0.640. The number of aryl methyl sites for hydroxylation is 3. The molecule has 0 unspecified atom stereocenters. The first-order valence-electron chi connectivity index (χ1n) is 5.09. The molecule has 0 aliphatic carbocycles. The van der Waals surface area contributed by atoms with Gasteiger partial charge in [-0.1, -0.05) is 18.2 Å². The molecule has 0 amide bonds. The van der Waals surface area contributed by atoms with Crippen molar-refractivity contribution in [3.05, 3.63) is 46.5 Å². The zero-order valence-electron chi connectivity index (χ0n) is 9.29. The highest BCUT2D eigenvalue weighted by atomic mass is 16.1. The second-order valence-corrected chi connectivity index (χ2v) is 4.06. The van der Waals surface area contributed by atoms with E-state index in [9.17, 15) is 4.79 Å². The summed E-state index contributed by atoms with van der Waals surface area (Å²) in [5.41, 5.74) is 4.42. The lowest BCUT2D eigenvalue weighted by Crippen LogP contribution is -1.90. The maximum atomic E-state index is 10.8. The Morgan fingerprint density at radius 1 is 1.00 bits per heavy atom. The van der Waals surface area contributed by atoms with Crippen LogP contribution in [-0.4, -0.2) is 6.29 Å². The minimum Gasteiger partial charge on any atom is -0.298 e. The summed E-state index contributed by atoms with van der Waals surface area (Å²) in [7, 11) is 0. The Hall–Kier alpha value is -1.63. The van der Waals surface area contributed by atoms with Crippen molar-refractivity contribution in [3.63, 3.8) is 0 Å². The zero-order chi connectivity index (χ0) is 11.0. The molecule has 15 heavy (non-hydrogen) atoms. The minimum absolute atomic E-state index is 0.783. The van der Waals surface area contributed by atoms with Gasteiger partial charge in [0, 0.05) is 5.56 Å². The van der Waals surface area contributed by atoms with Crippen molar-refractivity contribution in [3.8, 4) is 0 Å². The average Bonchev–Trinajstić information content (AvgIpc) is 2.24. The molecule has 2 rings (SSSR count). The predicted octanol–water partition coefficient (Wildman–Crippen LogP) is 3.58. The summed E-state index contributed by atoms with van der Waals surface area (Å²) in [6.45, 7) is 6.21. The Kier molecular flexibility index (Phi) is 2.31. The van der Waals surface area contributed by atoms with Crippen LogP contribution < -0.4 is 0 Å². The van der Waals surface area contributed by atoms with Gasteiger partial charge in [0.2, 0.25) is 0 Å². The number of hydrogen-bond donors (Lipinski definition) is 0. The molecule has 0 saturated carbocycles. The van der Waals surface area contributed by atoms with Crippen molar-refractivity contribution in [2.24, 2.45) is 0 Å². The number of carbonyl (C=O) groups excluding carboxylic acids is 1. The normalized spacial score (nSPS) is 10.6. The van der Waals surface area contributed by atoms with Crippen LogP contribution in [0.3, 0.4) is 0 Å². The molecule has 0 radical (unpaired) electrons. The second kappa shape index (κ2) is 3.50. The van der Waals surface area contributed by atoms with E-state index >= 15 is 0 Å². The smallest absolute Gasteiger partial charge is 0.150 e. The molecule has 0 spiro atoms. The SMILES string of the molecule is Cc1cc2c(C)c(C)ccc2cc1C=O. The maximum Gasteiger partial charge on any atom is 0.150 e.